The first kappa shape index (κ1) is 21.2. The lowest BCUT2D eigenvalue weighted by atomic mass is 10.1. The molecule has 0 unspecified atom stereocenters. The largest absolute Gasteiger partial charge is 0.455 e. The molecule has 0 spiro atoms. The van der Waals surface area contributed by atoms with Gasteiger partial charge in [0.05, 0.1) is 18.3 Å². The van der Waals surface area contributed by atoms with E-state index in [4.69, 9.17) is 4.42 Å². The molecule has 0 saturated carbocycles. The molecule has 0 aliphatic heterocycles. The van der Waals surface area contributed by atoms with Gasteiger partial charge < -0.3 is 9.73 Å². The molecule has 2 N–H and O–H groups in total. The van der Waals surface area contributed by atoms with Crippen LogP contribution in [0.1, 0.15) is 11.3 Å². The van der Waals surface area contributed by atoms with Gasteiger partial charge in [0.2, 0.25) is 0 Å². The van der Waals surface area contributed by atoms with E-state index < -0.39 is 11.7 Å². The maximum Gasteiger partial charge on any atom is 0.416 e. The minimum Gasteiger partial charge on any atom is -0.455 e. The summed E-state index contributed by atoms with van der Waals surface area (Å²) < 4.78 is 44.2. The number of benzene rings is 3. The molecule has 32 heavy (non-hydrogen) atoms. The molecule has 0 aliphatic carbocycles. The summed E-state index contributed by atoms with van der Waals surface area (Å²) in [6, 6.07) is 21.5. The van der Waals surface area contributed by atoms with Crippen molar-refractivity contribution in [3.8, 4) is 11.3 Å². The standard InChI is InChI=1S/C24H18F3N3O2/c25-24(26,27)18-8-3-7-17(13-18)22-12-11-19(32-22)14-29-30-23(31)15-28-21-10-4-6-16-5-1-2-9-20(16)21/h1-14,28H,15H2,(H,30,31)/b29-14-. The predicted molar refractivity (Wildman–Crippen MR) is 117 cm³/mol. The van der Waals surface area contributed by atoms with Crippen LogP contribution in [-0.4, -0.2) is 18.7 Å². The molecule has 0 radical (unpaired) electrons. The highest BCUT2D eigenvalue weighted by atomic mass is 19.4. The van der Waals surface area contributed by atoms with Crippen LogP contribution in [0.3, 0.4) is 0 Å². The molecule has 1 amide bonds. The smallest absolute Gasteiger partial charge is 0.416 e. The van der Waals surface area contributed by atoms with E-state index >= 15 is 0 Å². The average molecular weight is 437 g/mol. The number of carbonyl (C=O) groups is 1. The molecule has 5 nitrogen and oxygen atoms in total. The van der Waals surface area contributed by atoms with Gasteiger partial charge in [0.1, 0.15) is 11.5 Å². The zero-order valence-electron chi connectivity index (χ0n) is 16.7. The lowest BCUT2D eigenvalue weighted by molar-refractivity contribution is -0.137. The van der Waals surface area contributed by atoms with Gasteiger partial charge in [-0.15, -0.1) is 0 Å². The van der Waals surface area contributed by atoms with Crippen molar-refractivity contribution in [1.82, 2.24) is 5.43 Å². The third kappa shape index (κ3) is 4.97. The Bertz CT molecular complexity index is 1270. The number of furan rings is 1. The van der Waals surface area contributed by atoms with Crippen molar-refractivity contribution in [3.05, 3.63) is 90.2 Å². The zero-order chi connectivity index (χ0) is 22.6. The predicted octanol–water partition coefficient (Wildman–Crippen LogP) is 5.68. The minimum atomic E-state index is -4.43. The fourth-order valence-corrected chi connectivity index (χ4v) is 3.19. The van der Waals surface area contributed by atoms with E-state index in [1.165, 1.54) is 18.3 Å². The number of amides is 1. The number of alkyl halides is 3. The van der Waals surface area contributed by atoms with Crippen LogP contribution < -0.4 is 10.7 Å². The van der Waals surface area contributed by atoms with Gasteiger partial charge in [0, 0.05) is 16.6 Å². The number of rotatable bonds is 6. The summed E-state index contributed by atoms with van der Waals surface area (Å²) in [6.45, 7) is 0.0129. The molecule has 0 aliphatic rings. The fraction of sp³-hybridized carbons (Fsp3) is 0.0833. The summed E-state index contributed by atoms with van der Waals surface area (Å²) >= 11 is 0. The molecular weight excluding hydrogens is 419 g/mol. The molecule has 8 heteroatoms. The Kier molecular flexibility index (Phi) is 5.93. The van der Waals surface area contributed by atoms with Crippen molar-refractivity contribution < 1.29 is 22.4 Å². The lowest BCUT2D eigenvalue weighted by Gasteiger charge is -2.08. The van der Waals surface area contributed by atoms with E-state index in [1.807, 2.05) is 42.5 Å². The van der Waals surface area contributed by atoms with Crippen LogP contribution >= 0.6 is 0 Å². The number of hydrogen-bond acceptors (Lipinski definition) is 4. The van der Waals surface area contributed by atoms with Crippen LogP contribution in [0.4, 0.5) is 18.9 Å². The average Bonchev–Trinajstić information content (AvgIpc) is 3.26. The summed E-state index contributed by atoms with van der Waals surface area (Å²) in [5.74, 6) is 0.195. The van der Waals surface area contributed by atoms with Crippen molar-refractivity contribution in [2.45, 2.75) is 6.18 Å². The normalized spacial score (nSPS) is 11.7. The number of halogens is 3. The summed E-state index contributed by atoms with van der Waals surface area (Å²) in [5.41, 5.74) is 2.76. The monoisotopic (exact) mass is 437 g/mol. The first-order chi connectivity index (χ1) is 15.4. The summed E-state index contributed by atoms with van der Waals surface area (Å²) in [5, 5.41) is 8.98. The highest BCUT2D eigenvalue weighted by Gasteiger charge is 2.30. The Balaban J connectivity index is 1.35. The summed E-state index contributed by atoms with van der Waals surface area (Å²) in [4.78, 5) is 12.1. The molecular formula is C24H18F3N3O2. The van der Waals surface area contributed by atoms with E-state index in [-0.39, 0.29) is 18.2 Å². The van der Waals surface area contributed by atoms with Crippen LogP contribution in [0.2, 0.25) is 0 Å². The quantitative estimate of drug-likeness (QED) is 0.301. The highest BCUT2D eigenvalue weighted by molar-refractivity contribution is 5.95. The lowest BCUT2D eigenvalue weighted by Crippen LogP contribution is -2.25. The Morgan fingerprint density at radius 3 is 2.59 bits per heavy atom. The van der Waals surface area contributed by atoms with Crippen LogP contribution in [0.5, 0.6) is 0 Å². The van der Waals surface area contributed by atoms with Crippen LogP contribution in [0, 0.1) is 0 Å². The third-order valence-corrected chi connectivity index (χ3v) is 4.71. The summed E-state index contributed by atoms with van der Waals surface area (Å²) in [6.07, 6.45) is -3.15. The number of hydrazone groups is 1. The van der Waals surface area contributed by atoms with E-state index in [0.29, 0.717) is 11.3 Å². The van der Waals surface area contributed by atoms with Gasteiger partial charge in [-0.1, -0.05) is 48.5 Å². The molecule has 3 aromatic carbocycles. The first-order valence-corrected chi connectivity index (χ1v) is 9.71. The van der Waals surface area contributed by atoms with Crippen molar-refractivity contribution in [2.75, 3.05) is 11.9 Å². The number of fused-ring (bicyclic) bond motifs is 1. The van der Waals surface area contributed by atoms with Gasteiger partial charge in [-0.2, -0.15) is 18.3 Å². The first-order valence-electron chi connectivity index (χ1n) is 9.71. The molecule has 0 atom stereocenters. The maximum absolute atomic E-state index is 12.9. The second-order valence-electron chi connectivity index (χ2n) is 6.95. The van der Waals surface area contributed by atoms with Crippen molar-refractivity contribution >= 4 is 28.6 Å². The second kappa shape index (κ2) is 8.97. The third-order valence-electron chi connectivity index (χ3n) is 4.71. The Morgan fingerprint density at radius 1 is 0.969 bits per heavy atom. The van der Waals surface area contributed by atoms with Gasteiger partial charge in [-0.3, -0.25) is 4.79 Å². The number of nitrogens with zero attached hydrogens (tertiary/aromatic N) is 1. The molecule has 0 bridgehead atoms. The number of nitrogens with one attached hydrogen (secondary N) is 2. The molecule has 0 saturated heterocycles. The zero-order valence-corrected chi connectivity index (χ0v) is 16.7. The molecule has 1 heterocycles. The van der Waals surface area contributed by atoms with E-state index in [0.717, 1.165) is 28.6 Å². The highest BCUT2D eigenvalue weighted by Crippen LogP contribution is 2.32. The summed E-state index contributed by atoms with van der Waals surface area (Å²) in [7, 11) is 0. The minimum absolute atomic E-state index is 0.0129. The van der Waals surface area contributed by atoms with Gasteiger partial charge in [0.25, 0.3) is 5.91 Å². The van der Waals surface area contributed by atoms with Gasteiger partial charge in [-0.25, -0.2) is 5.43 Å². The van der Waals surface area contributed by atoms with Crippen molar-refractivity contribution in [1.29, 1.82) is 0 Å². The van der Waals surface area contributed by atoms with Gasteiger partial charge in [-0.05, 0) is 35.7 Å². The Hall–Kier alpha value is -4.07. The Labute approximate surface area is 181 Å². The molecule has 162 valence electrons. The van der Waals surface area contributed by atoms with Crippen LogP contribution in [-0.2, 0) is 11.0 Å². The van der Waals surface area contributed by atoms with E-state index in [1.54, 1.807) is 12.1 Å². The van der Waals surface area contributed by atoms with Gasteiger partial charge in [0.15, 0.2) is 0 Å². The fourth-order valence-electron chi connectivity index (χ4n) is 3.19. The number of anilines is 1. The van der Waals surface area contributed by atoms with Crippen LogP contribution in [0.25, 0.3) is 22.1 Å². The number of carbonyl (C=O) groups excluding carboxylic acids is 1. The van der Waals surface area contributed by atoms with Gasteiger partial charge >= 0.3 is 6.18 Å². The van der Waals surface area contributed by atoms with E-state index in [2.05, 4.69) is 15.8 Å². The second-order valence-corrected chi connectivity index (χ2v) is 6.95. The molecule has 0 fully saturated rings. The molecule has 1 aromatic heterocycles. The van der Waals surface area contributed by atoms with Crippen molar-refractivity contribution in [2.24, 2.45) is 5.10 Å². The maximum atomic E-state index is 12.9. The van der Waals surface area contributed by atoms with Crippen molar-refractivity contribution in [3.63, 3.8) is 0 Å². The molecule has 4 rings (SSSR count). The molecule has 4 aromatic rings. The SMILES string of the molecule is O=C(CNc1cccc2ccccc12)N/N=C\c1ccc(-c2cccc(C(F)(F)F)c2)o1. The van der Waals surface area contributed by atoms with Crippen LogP contribution in [0.15, 0.2) is 88.4 Å². The van der Waals surface area contributed by atoms with E-state index in [9.17, 15) is 18.0 Å². The topological polar surface area (TPSA) is 66.6 Å². The Morgan fingerprint density at radius 2 is 1.75 bits per heavy atom. The number of hydrogen-bond donors (Lipinski definition) is 2.